The topological polar surface area (TPSA) is 53.1 Å². The van der Waals surface area contributed by atoms with Gasteiger partial charge in [0.05, 0.1) is 23.7 Å². The molecule has 0 amide bonds. The zero-order chi connectivity index (χ0) is 13.9. The molecule has 0 bridgehead atoms. The first kappa shape index (κ1) is 13.9. The third-order valence-electron chi connectivity index (χ3n) is 3.80. The maximum absolute atomic E-state index is 6.06. The standard InChI is InChI=1S/C15H20ClN3O/c16-11-5-6-14-13(9-11)18-15(4-1-7-17)19(14)10-12-3-2-8-20-12/h5-6,9,12H,1-4,7-8,10,17H2. The average molecular weight is 294 g/mol. The van der Waals surface area contributed by atoms with Crippen molar-refractivity contribution in [2.45, 2.75) is 38.3 Å². The van der Waals surface area contributed by atoms with E-state index in [1.54, 1.807) is 0 Å². The number of fused-ring (bicyclic) bond motifs is 1. The number of hydrogen-bond donors (Lipinski definition) is 1. The van der Waals surface area contributed by atoms with Crippen LogP contribution in [0.2, 0.25) is 5.02 Å². The first-order valence-corrected chi connectivity index (χ1v) is 7.62. The molecule has 0 saturated carbocycles. The van der Waals surface area contributed by atoms with Gasteiger partial charge in [-0.15, -0.1) is 0 Å². The number of ether oxygens (including phenoxy) is 1. The van der Waals surface area contributed by atoms with Crippen LogP contribution in [-0.4, -0.2) is 28.8 Å². The van der Waals surface area contributed by atoms with Crippen LogP contribution in [0.5, 0.6) is 0 Å². The van der Waals surface area contributed by atoms with Gasteiger partial charge in [0.25, 0.3) is 0 Å². The van der Waals surface area contributed by atoms with Crippen LogP contribution in [0.4, 0.5) is 0 Å². The highest BCUT2D eigenvalue weighted by Gasteiger charge is 2.19. The number of hydrogen-bond acceptors (Lipinski definition) is 3. The van der Waals surface area contributed by atoms with Crippen LogP contribution >= 0.6 is 11.6 Å². The minimum Gasteiger partial charge on any atom is -0.376 e. The van der Waals surface area contributed by atoms with Gasteiger partial charge in [-0.1, -0.05) is 11.6 Å². The second kappa shape index (κ2) is 6.12. The molecule has 1 aromatic heterocycles. The fourth-order valence-corrected chi connectivity index (χ4v) is 2.97. The molecule has 3 rings (SSSR count). The monoisotopic (exact) mass is 293 g/mol. The van der Waals surface area contributed by atoms with Gasteiger partial charge in [0.15, 0.2) is 0 Å². The molecule has 1 aliphatic heterocycles. The van der Waals surface area contributed by atoms with E-state index in [0.29, 0.717) is 12.6 Å². The molecule has 0 aliphatic carbocycles. The summed E-state index contributed by atoms with van der Waals surface area (Å²) in [4.78, 5) is 4.72. The number of imidazole rings is 1. The van der Waals surface area contributed by atoms with Gasteiger partial charge in [0.2, 0.25) is 0 Å². The fraction of sp³-hybridized carbons (Fsp3) is 0.533. The summed E-state index contributed by atoms with van der Waals surface area (Å²) in [6.45, 7) is 2.43. The molecule has 1 saturated heterocycles. The quantitative estimate of drug-likeness (QED) is 0.922. The van der Waals surface area contributed by atoms with Crippen LogP contribution < -0.4 is 5.73 Å². The Morgan fingerprint density at radius 1 is 1.45 bits per heavy atom. The number of nitrogens with zero attached hydrogens (tertiary/aromatic N) is 2. The summed E-state index contributed by atoms with van der Waals surface area (Å²) in [5.41, 5.74) is 7.72. The van der Waals surface area contributed by atoms with Gasteiger partial charge >= 0.3 is 0 Å². The first-order valence-electron chi connectivity index (χ1n) is 7.24. The predicted molar refractivity (Wildman–Crippen MR) is 81.1 cm³/mol. The molecular weight excluding hydrogens is 274 g/mol. The van der Waals surface area contributed by atoms with Gasteiger partial charge in [0, 0.05) is 18.1 Å². The minimum atomic E-state index is 0.305. The van der Waals surface area contributed by atoms with E-state index in [4.69, 9.17) is 27.1 Å². The highest BCUT2D eigenvalue weighted by Crippen LogP contribution is 2.24. The molecule has 108 valence electrons. The van der Waals surface area contributed by atoms with Crippen molar-refractivity contribution in [1.29, 1.82) is 0 Å². The summed E-state index contributed by atoms with van der Waals surface area (Å²) < 4.78 is 8.03. The maximum atomic E-state index is 6.06. The van der Waals surface area contributed by atoms with Crippen LogP contribution in [0.1, 0.15) is 25.1 Å². The number of aromatic nitrogens is 2. The Balaban J connectivity index is 1.95. The number of benzene rings is 1. The molecule has 5 heteroatoms. The van der Waals surface area contributed by atoms with E-state index >= 15 is 0 Å². The lowest BCUT2D eigenvalue weighted by Crippen LogP contribution is -2.17. The normalized spacial score (nSPS) is 19.0. The minimum absolute atomic E-state index is 0.305. The average Bonchev–Trinajstić information content (AvgIpc) is 3.05. The van der Waals surface area contributed by atoms with Crippen LogP contribution in [0, 0.1) is 0 Å². The molecule has 2 heterocycles. The van der Waals surface area contributed by atoms with Gasteiger partial charge in [-0.3, -0.25) is 0 Å². The summed E-state index contributed by atoms with van der Waals surface area (Å²) >= 11 is 6.06. The molecule has 1 atom stereocenters. The summed E-state index contributed by atoms with van der Waals surface area (Å²) in [7, 11) is 0. The summed E-state index contributed by atoms with van der Waals surface area (Å²) in [6.07, 6.45) is 4.43. The van der Waals surface area contributed by atoms with Crippen molar-refractivity contribution in [3.63, 3.8) is 0 Å². The number of rotatable bonds is 5. The van der Waals surface area contributed by atoms with E-state index in [0.717, 1.165) is 60.7 Å². The summed E-state index contributed by atoms with van der Waals surface area (Å²) in [5.74, 6) is 1.09. The predicted octanol–water partition coefficient (Wildman–Crippen LogP) is 2.76. The van der Waals surface area contributed by atoms with Crippen molar-refractivity contribution in [3.8, 4) is 0 Å². The Labute approximate surface area is 123 Å². The Kier molecular flexibility index (Phi) is 4.24. The summed E-state index contributed by atoms with van der Waals surface area (Å²) in [5, 5.41) is 0.727. The number of halogens is 1. The van der Waals surface area contributed by atoms with Crippen molar-refractivity contribution in [3.05, 3.63) is 29.0 Å². The van der Waals surface area contributed by atoms with Crippen LogP contribution in [0.3, 0.4) is 0 Å². The molecular formula is C15H20ClN3O. The summed E-state index contributed by atoms with van der Waals surface area (Å²) in [6, 6.07) is 5.89. The van der Waals surface area contributed by atoms with Gasteiger partial charge in [-0.2, -0.15) is 0 Å². The van der Waals surface area contributed by atoms with Gasteiger partial charge in [-0.25, -0.2) is 4.98 Å². The van der Waals surface area contributed by atoms with Gasteiger partial charge < -0.3 is 15.0 Å². The zero-order valence-electron chi connectivity index (χ0n) is 11.5. The van der Waals surface area contributed by atoms with Crippen molar-refractivity contribution < 1.29 is 4.74 Å². The Morgan fingerprint density at radius 3 is 3.10 bits per heavy atom. The third-order valence-corrected chi connectivity index (χ3v) is 4.04. The SMILES string of the molecule is NCCCc1nc2cc(Cl)ccc2n1CC1CCCO1. The van der Waals surface area contributed by atoms with Crippen molar-refractivity contribution in [2.75, 3.05) is 13.2 Å². The first-order chi connectivity index (χ1) is 9.78. The van der Waals surface area contributed by atoms with Crippen molar-refractivity contribution in [2.24, 2.45) is 5.73 Å². The zero-order valence-corrected chi connectivity index (χ0v) is 12.3. The highest BCUT2D eigenvalue weighted by atomic mass is 35.5. The van der Waals surface area contributed by atoms with Gasteiger partial charge in [0.1, 0.15) is 5.82 Å². The van der Waals surface area contributed by atoms with Crippen LogP contribution in [-0.2, 0) is 17.7 Å². The molecule has 2 aromatic rings. The molecule has 2 N–H and O–H groups in total. The lowest BCUT2D eigenvalue weighted by Gasteiger charge is -2.14. The molecule has 20 heavy (non-hydrogen) atoms. The fourth-order valence-electron chi connectivity index (χ4n) is 2.80. The third kappa shape index (κ3) is 2.82. The van der Waals surface area contributed by atoms with E-state index in [2.05, 4.69) is 4.57 Å². The molecule has 4 nitrogen and oxygen atoms in total. The van der Waals surface area contributed by atoms with Crippen LogP contribution in [0.25, 0.3) is 11.0 Å². The molecule has 0 spiro atoms. The Morgan fingerprint density at radius 2 is 2.35 bits per heavy atom. The van der Waals surface area contributed by atoms with E-state index in [1.807, 2.05) is 18.2 Å². The largest absolute Gasteiger partial charge is 0.376 e. The highest BCUT2D eigenvalue weighted by molar-refractivity contribution is 6.31. The van der Waals surface area contributed by atoms with E-state index in [-0.39, 0.29) is 0 Å². The molecule has 1 aromatic carbocycles. The Hall–Kier alpha value is -1.10. The van der Waals surface area contributed by atoms with Crippen molar-refractivity contribution >= 4 is 22.6 Å². The molecule has 1 aliphatic rings. The van der Waals surface area contributed by atoms with Crippen LogP contribution in [0.15, 0.2) is 18.2 Å². The lowest BCUT2D eigenvalue weighted by molar-refractivity contribution is 0.0972. The molecule has 1 unspecified atom stereocenters. The van der Waals surface area contributed by atoms with Gasteiger partial charge in [-0.05, 0) is 44.0 Å². The maximum Gasteiger partial charge on any atom is 0.109 e. The van der Waals surface area contributed by atoms with E-state index < -0.39 is 0 Å². The second-order valence-electron chi connectivity index (χ2n) is 5.30. The number of aryl methyl sites for hydroxylation is 1. The lowest BCUT2D eigenvalue weighted by atomic mass is 10.2. The van der Waals surface area contributed by atoms with Crippen molar-refractivity contribution in [1.82, 2.24) is 9.55 Å². The smallest absolute Gasteiger partial charge is 0.109 e. The van der Waals surface area contributed by atoms with E-state index in [1.165, 1.54) is 0 Å². The number of nitrogens with two attached hydrogens (primary N) is 1. The second-order valence-corrected chi connectivity index (χ2v) is 5.74. The Bertz CT molecular complexity index is 590. The molecule has 1 fully saturated rings. The van der Waals surface area contributed by atoms with E-state index in [9.17, 15) is 0 Å². The molecule has 0 radical (unpaired) electrons.